The van der Waals surface area contributed by atoms with Crippen molar-refractivity contribution >= 4 is 23.5 Å². The van der Waals surface area contributed by atoms with Crippen molar-refractivity contribution in [3.05, 3.63) is 29.8 Å². The summed E-state index contributed by atoms with van der Waals surface area (Å²) in [6.07, 6.45) is 0.0265. The fourth-order valence-electron chi connectivity index (χ4n) is 1.84. The van der Waals surface area contributed by atoms with E-state index in [1.54, 1.807) is 19.1 Å². The molecule has 0 unspecified atom stereocenters. The summed E-state index contributed by atoms with van der Waals surface area (Å²) >= 11 is 0. The Morgan fingerprint density at radius 1 is 1.27 bits per heavy atom. The first-order valence-electron chi connectivity index (χ1n) is 6.63. The van der Waals surface area contributed by atoms with Crippen molar-refractivity contribution in [2.24, 2.45) is 5.92 Å². The summed E-state index contributed by atoms with van der Waals surface area (Å²) in [4.78, 5) is 34.2. The van der Waals surface area contributed by atoms with E-state index in [1.165, 1.54) is 19.1 Å². The fourth-order valence-corrected chi connectivity index (χ4v) is 1.84. The Kier molecular flexibility index (Phi) is 6.08. The summed E-state index contributed by atoms with van der Waals surface area (Å²) in [5.41, 5.74) is 0.807. The van der Waals surface area contributed by atoms with Crippen molar-refractivity contribution in [3.8, 4) is 6.07 Å². The molecule has 0 saturated heterocycles. The number of nitriles is 1. The highest BCUT2D eigenvalue weighted by molar-refractivity contribution is 5.97. The summed E-state index contributed by atoms with van der Waals surface area (Å²) in [6, 6.07) is 6.80. The topological polar surface area (TPSA) is 119 Å². The summed E-state index contributed by atoms with van der Waals surface area (Å²) in [5, 5.41) is 22.7. The maximum absolute atomic E-state index is 12.1. The number of carboxylic acids is 1. The van der Waals surface area contributed by atoms with Crippen molar-refractivity contribution in [2.75, 3.05) is 5.32 Å². The van der Waals surface area contributed by atoms with Crippen LogP contribution in [0.15, 0.2) is 24.3 Å². The average Bonchev–Trinajstić information content (AvgIpc) is 2.44. The molecule has 7 heteroatoms. The number of anilines is 1. The number of amides is 2. The molecule has 0 radical (unpaired) electrons. The number of hydrogen-bond acceptors (Lipinski definition) is 4. The van der Waals surface area contributed by atoms with Crippen molar-refractivity contribution in [1.29, 1.82) is 5.26 Å². The smallest absolute Gasteiger partial charge is 0.326 e. The van der Waals surface area contributed by atoms with Gasteiger partial charge in [-0.1, -0.05) is 6.92 Å². The zero-order chi connectivity index (χ0) is 16.7. The number of aliphatic carboxylic acids is 1. The van der Waals surface area contributed by atoms with Crippen LogP contribution < -0.4 is 10.6 Å². The van der Waals surface area contributed by atoms with Gasteiger partial charge in [0, 0.05) is 30.5 Å². The molecule has 7 nitrogen and oxygen atoms in total. The van der Waals surface area contributed by atoms with Gasteiger partial charge in [0.2, 0.25) is 5.91 Å². The zero-order valence-electron chi connectivity index (χ0n) is 12.3. The van der Waals surface area contributed by atoms with Gasteiger partial charge in [0.15, 0.2) is 0 Å². The van der Waals surface area contributed by atoms with Crippen LogP contribution in [-0.2, 0) is 9.59 Å². The van der Waals surface area contributed by atoms with Crippen LogP contribution in [0.3, 0.4) is 0 Å². The van der Waals surface area contributed by atoms with E-state index in [-0.39, 0.29) is 17.9 Å². The maximum Gasteiger partial charge on any atom is 0.326 e. The molecule has 0 saturated carbocycles. The quantitative estimate of drug-likeness (QED) is 0.733. The predicted octanol–water partition coefficient (Wildman–Crippen LogP) is 1.38. The van der Waals surface area contributed by atoms with Gasteiger partial charge in [-0.25, -0.2) is 4.79 Å². The molecule has 0 aliphatic heterocycles. The van der Waals surface area contributed by atoms with Crippen LogP contribution in [0.5, 0.6) is 0 Å². The van der Waals surface area contributed by atoms with Crippen LogP contribution in [0.25, 0.3) is 0 Å². The number of carbonyl (C=O) groups is 3. The molecule has 116 valence electrons. The summed E-state index contributed by atoms with van der Waals surface area (Å²) in [7, 11) is 0. The Morgan fingerprint density at radius 2 is 1.86 bits per heavy atom. The fraction of sp³-hybridized carbons (Fsp3) is 0.333. The summed E-state index contributed by atoms with van der Waals surface area (Å²) in [6.45, 7) is 2.96. The van der Waals surface area contributed by atoms with Crippen LogP contribution in [0.4, 0.5) is 5.69 Å². The summed E-state index contributed by atoms with van der Waals surface area (Å²) < 4.78 is 0. The lowest BCUT2D eigenvalue weighted by Gasteiger charge is -2.19. The van der Waals surface area contributed by atoms with E-state index in [2.05, 4.69) is 10.6 Å². The van der Waals surface area contributed by atoms with Gasteiger partial charge >= 0.3 is 5.97 Å². The zero-order valence-corrected chi connectivity index (χ0v) is 12.3. The Morgan fingerprint density at radius 3 is 2.32 bits per heavy atom. The van der Waals surface area contributed by atoms with E-state index in [4.69, 9.17) is 10.4 Å². The minimum absolute atomic E-state index is 0.0265. The SMILES string of the molecule is CC(=O)Nc1ccc(C(=O)N[C@H](C(=O)O)[C@@H](C)CC#N)cc1. The third-order valence-electron chi connectivity index (χ3n) is 3.00. The molecule has 0 aliphatic rings. The Bertz CT molecular complexity index is 604. The van der Waals surface area contributed by atoms with Crippen LogP contribution in [0.1, 0.15) is 30.6 Å². The second-order valence-electron chi connectivity index (χ2n) is 4.89. The standard InChI is InChI=1S/C15H17N3O4/c1-9(7-8-16)13(15(21)22)18-14(20)11-3-5-12(6-4-11)17-10(2)19/h3-6,9,13H,7H2,1-2H3,(H,17,19)(H,18,20)(H,21,22)/t9-,13-/m0/s1. The molecule has 2 atom stereocenters. The van der Waals surface area contributed by atoms with Crippen molar-refractivity contribution in [1.82, 2.24) is 5.32 Å². The Balaban J connectivity index is 2.80. The van der Waals surface area contributed by atoms with Crippen LogP contribution >= 0.6 is 0 Å². The molecule has 3 N–H and O–H groups in total. The highest BCUT2D eigenvalue weighted by Crippen LogP contribution is 2.12. The number of carbonyl (C=O) groups excluding carboxylic acids is 2. The molecule has 2 amide bonds. The molecule has 1 rings (SSSR count). The second-order valence-corrected chi connectivity index (χ2v) is 4.89. The second kappa shape index (κ2) is 7.78. The monoisotopic (exact) mass is 303 g/mol. The van der Waals surface area contributed by atoms with E-state index in [0.717, 1.165) is 0 Å². The average molecular weight is 303 g/mol. The first kappa shape index (κ1) is 17.2. The highest BCUT2D eigenvalue weighted by atomic mass is 16.4. The molecular weight excluding hydrogens is 286 g/mol. The number of benzene rings is 1. The van der Waals surface area contributed by atoms with Gasteiger partial charge in [-0.15, -0.1) is 0 Å². The van der Waals surface area contributed by atoms with Crippen LogP contribution in [0.2, 0.25) is 0 Å². The minimum atomic E-state index is -1.19. The maximum atomic E-state index is 12.1. The van der Waals surface area contributed by atoms with Crippen LogP contribution in [-0.4, -0.2) is 28.9 Å². The Labute approximate surface area is 127 Å². The van der Waals surface area contributed by atoms with E-state index < -0.39 is 23.8 Å². The van der Waals surface area contributed by atoms with Crippen molar-refractivity contribution in [3.63, 3.8) is 0 Å². The minimum Gasteiger partial charge on any atom is -0.480 e. The molecule has 0 spiro atoms. The molecule has 1 aromatic carbocycles. The van der Waals surface area contributed by atoms with Gasteiger partial charge < -0.3 is 15.7 Å². The molecule has 0 aliphatic carbocycles. The molecular formula is C15H17N3O4. The third-order valence-corrected chi connectivity index (χ3v) is 3.00. The molecule has 0 heterocycles. The van der Waals surface area contributed by atoms with Gasteiger partial charge in [-0.05, 0) is 24.3 Å². The number of rotatable bonds is 6. The molecule has 0 aromatic heterocycles. The van der Waals surface area contributed by atoms with Gasteiger partial charge in [0.05, 0.1) is 6.07 Å². The lowest BCUT2D eigenvalue weighted by atomic mass is 9.98. The Hall–Kier alpha value is -2.88. The molecule has 1 aromatic rings. The third kappa shape index (κ3) is 4.90. The summed E-state index contributed by atoms with van der Waals surface area (Å²) in [5.74, 6) is -2.48. The van der Waals surface area contributed by atoms with Crippen molar-refractivity contribution < 1.29 is 19.5 Å². The molecule has 0 bridgehead atoms. The number of carboxylic acid groups (broad SMARTS) is 1. The lowest BCUT2D eigenvalue weighted by Crippen LogP contribution is -2.45. The van der Waals surface area contributed by atoms with Gasteiger partial charge in [-0.2, -0.15) is 5.26 Å². The van der Waals surface area contributed by atoms with Gasteiger partial charge in [0.1, 0.15) is 6.04 Å². The van der Waals surface area contributed by atoms with E-state index in [1.807, 2.05) is 6.07 Å². The largest absolute Gasteiger partial charge is 0.480 e. The number of hydrogen-bond donors (Lipinski definition) is 3. The lowest BCUT2D eigenvalue weighted by molar-refractivity contribution is -0.140. The number of nitrogens with one attached hydrogen (secondary N) is 2. The van der Waals surface area contributed by atoms with E-state index in [9.17, 15) is 14.4 Å². The van der Waals surface area contributed by atoms with Crippen LogP contribution in [0, 0.1) is 17.2 Å². The van der Waals surface area contributed by atoms with Gasteiger partial charge in [0.25, 0.3) is 5.91 Å². The molecule has 0 fully saturated rings. The van der Waals surface area contributed by atoms with Gasteiger partial charge in [-0.3, -0.25) is 9.59 Å². The first-order valence-corrected chi connectivity index (χ1v) is 6.63. The van der Waals surface area contributed by atoms with E-state index >= 15 is 0 Å². The van der Waals surface area contributed by atoms with Crippen molar-refractivity contribution in [2.45, 2.75) is 26.3 Å². The van der Waals surface area contributed by atoms with E-state index in [0.29, 0.717) is 5.69 Å². The highest BCUT2D eigenvalue weighted by Gasteiger charge is 2.26. The first-order chi connectivity index (χ1) is 10.3. The normalized spacial score (nSPS) is 12.6. The molecule has 22 heavy (non-hydrogen) atoms. The number of nitrogens with zero attached hydrogens (tertiary/aromatic N) is 1. The predicted molar refractivity (Wildman–Crippen MR) is 79.0 cm³/mol.